The van der Waals surface area contributed by atoms with E-state index in [-0.39, 0.29) is 21.8 Å². The molecule has 0 fully saturated rings. The average molecular weight is 309 g/mol. The Bertz CT molecular complexity index is 673. The first-order chi connectivity index (χ1) is 9.88. The van der Waals surface area contributed by atoms with E-state index in [4.69, 9.17) is 22.4 Å². The molecule has 0 heterocycles. The van der Waals surface area contributed by atoms with Gasteiger partial charge in [0.2, 0.25) is 5.91 Å². The van der Waals surface area contributed by atoms with Crippen molar-refractivity contribution in [2.75, 3.05) is 5.32 Å². The first-order valence-corrected chi connectivity index (χ1v) is 6.15. The van der Waals surface area contributed by atoms with Crippen molar-refractivity contribution in [2.24, 2.45) is 5.73 Å². The van der Waals surface area contributed by atoms with Crippen LogP contribution in [0.5, 0.6) is 0 Å². The molecule has 0 spiro atoms. The van der Waals surface area contributed by atoms with E-state index in [2.05, 4.69) is 5.32 Å². The van der Waals surface area contributed by atoms with Gasteiger partial charge in [-0.25, -0.2) is 9.18 Å². The molecule has 0 saturated carbocycles. The van der Waals surface area contributed by atoms with Gasteiger partial charge in [0.15, 0.2) is 0 Å². The van der Waals surface area contributed by atoms with Gasteiger partial charge in [0.25, 0.3) is 0 Å². The molecule has 4 N–H and O–H groups in total. The largest absolute Gasteiger partial charge is 0.478 e. The fraction of sp³-hybridized carbons (Fsp3) is 0. The molecule has 0 radical (unpaired) electrons. The maximum atomic E-state index is 13.8. The van der Waals surface area contributed by atoms with Crippen LogP contribution in [0.15, 0.2) is 36.4 Å². The molecular formula is C14H10ClFN2O3. The zero-order valence-corrected chi connectivity index (χ0v) is 11.3. The number of carbonyl (C=O) groups excluding carboxylic acids is 1. The first-order valence-electron chi connectivity index (χ1n) is 5.77. The van der Waals surface area contributed by atoms with Gasteiger partial charge >= 0.3 is 5.97 Å². The van der Waals surface area contributed by atoms with Gasteiger partial charge in [-0.3, -0.25) is 4.79 Å². The van der Waals surface area contributed by atoms with Gasteiger partial charge in [-0.05, 0) is 36.4 Å². The van der Waals surface area contributed by atoms with Crippen LogP contribution in [0.1, 0.15) is 20.7 Å². The summed E-state index contributed by atoms with van der Waals surface area (Å²) in [5, 5.41) is 11.7. The van der Waals surface area contributed by atoms with Crippen molar-refractivity contribution in [2.45, 2.75) is 0 Å². The molecule has 1 amide bonds. The standard InChI is InChI=1S/C14H10ClFN2O3/c15-9-5-7(13(17)19)1-3-11(9)18-12-4-2-8(14(20)21)6-10(12)16/h1-6,18H,(H2,17,19)(H,20,21). The number of carbonyl (C=O) groups is 2. The lowest BCUT2D eigenvalue weighted by atomic mass is 10.1. The summed E-state index contributed by atoms with van der Waals surface area (Å²) in [5.74, 6) is -2.57. The summed E-state index contributed by atoms with van der Waals surface area (Å²) in [5.41, 5.74) is 5.62. The molecule has 2 rings (SSSR count). The van der Waals surface area contributed by atoms with Crippen molar-refractivity contribution in [3.8, 4) is 0 Å². The van der Waals surface area contributed by atoms with Crippen LogP contribution in [0.25, 0.3) is 0 Å². The highest BCUT2D eigenvalue weighted by molar-refractivity contribution is 6.33. The summed E-state index contributed by atoms with van der Waals surface area (Å²) in [7, 11) is 0. The van der Waals surface area contributed by atoms with Gasteiger partial charge in [0.05, 0.1) is 22.0 Å². The lowest BCUT2D eigenvalue weighted by molar-refractivity contribution is 0.0696. The van der Waals surface area contributed by atoms with Crippen molar-refractivity contribution in [1.29, 1.82) is 0 Å². The number of carboxylic acid groups (broad SMARTS) is 1. The summed E-state index contributed by atoms with van der Waals surface area (Å²) in [6.07, 6.45) is 0. The molecule has 0 aliphatic rings. The van der Waals surface area contributed by atoms with E-state index in [0.29, 0.717) is 5.69 Å². The smallest absolute Gasteiger partial charge is 0.335 e. The minimum Gasteiger partial charge on any atom is -0.478 e. The Labute approximate surface area is 124 Å². The number of primary amides is 1. The number of hydrogen-bond donors (Lipinski definition) is 3. The Kier molecular flexibility index (Phi) is 4.09. The zero-order chi connectivity index (χ0) is 15.6. The molecule has 0 unspecified atom stereocenters. The molecule has 2 aromatic rings. The van der Waals surface area contributed by atoms with E-state index in [0.717, 1.165) is 6.07 Å². The monoisotopic (exact) mass is 308 g/mol. The summed E-state index contributed by atoms with van der Waals surface area (Å²) < 4.78 is 13.8. The highest BCUT2D eigenvalue weighted by Crippen LogP contribution is 2.28. The Morgan fingerprint density at radius 1 is 1.10 bits per heavy atom. The van der Waals surface area contributed by atoms with E-state index in [1.54, 1.807) is 0 Å². The molecule has 108 valence electrons. The number of rotatable bonds is 4. The predicted molar refractivity (Wildman–Crippen MR) is 76.6 cm³/mol. The lowest BCUT2D eigenvalue weighted by Crippen LogP contribution is -2.10. The van der Waals surface area contributed by atoms with E-state index in [9.17, 15) is 14.0 Å². The third-order valence-corrected chi connectivity index (χ3v) is 3.05. The van der Waals surface area contributed by atoms with Crippen LogP contribution in [0.2, 0.25) is 5.02 Å². The predicted octanol–water partition coefficient (Wildman–Crippen LogP) is 3.02. The molecule has 21 heavy (non-hydrogen) atoms. The highest BCUT2D eigenvalue weighted by Gasteiger charge is 2.11. The number of benzene rings is 2. The second-order valence-electron chi connectivity index (χ2n) is 4.18. The second kappa shape index (κ2) is 5.80. The maximum Gasteiger partial charge on any atom is 0.335 e. The van der Waals surface area contributed by atoms with Crippen molar-refractivity contribution >= 4 is 34.9 Å². The summed E-state index contributed by atoms with van der Waals surface area (Å²) >= 11 is 5.97. The molecule has 5 nitrogen and oxygen atoms in total. The number of carboxylic acids is 1. The van der Waals surface area contributed by atoms with Gasteiger partial charge in [-0.2, -0.15) is 0 Å². The third-order valence-electron chi connectivity index (χ3n) is 2.74. The van der Waals surface area contributed by atoms with Crippen LogP contribution in [0, 0.1) is 5.82 Å². The number of anilines is 2. The van der Waals surface area contributed by atoms with E-state index in [1.165, 1.54) is 30.3 Å². The molecule has 2 aromatic carbocycles. The lowest BCUT2D eigenvalue weighted by Gasteiger charge is -2.10. The molecule has 0 atom stereocenters. The van der Waals surface area contributed by atoms with Gasteiger partial charge in [0, 0.05) is 5.56 Å². The molecule has 0 aliphatic heterocycles. The van der Waals surface area contributed by atoms with Gasteiger partial charge in [-0.1, -0.05) is 11.6 Å². The Hall–Kier alpha value is -2.60. The van der Waals surface area contributed by atoms with Crippen molar-refractivity contribution < 1.29 is 19.1 Å². The first kappa shape index (κ1) is 14.8. The van der Waals surface area contributed by atoms with Crippen LogP contribution >= 0.6 is 11.6 Å². The zero-order valence-electron chi connectivity index (χ0n) is 10.6. The second-order valence-corrected chi connectivity index (χ2v) is 4.59. The number of nitrogens with two attached hydrogens (primary N) is 1. The van der Waals surface area contributed by atoms with Crippen LogP contribution < -0.4 is 11.1 Å². The molecule has 0 aromatic heterocycles. The molecular weight excluding hydrogens is 299 g/mol. The minimum atomic E-state index is -1.22. The van der Waals surface area contributed by atoms with E-state index < -0.39 is 17.7 Å². The summed E-state index contributed by atoms with van der Waals surface area (Å²) in [6, 6.07) is 7.73. The van der Waals surface area contributed by atoms with Crippen molar-refractivity contribution in [3.63, 3.8) is 0 Å². The highest BCUT2D eigenvalue weighted by atomic mass is 35.5. The van der Waals surface area contributed by atoms with Crippen LogP contribution in [-0.4, -0.2) is 17.0 Å². The SMILES string of the molecule is NC(=O)c1ccc(Nc2ccc(C(=O)O)cc2F)c(Cl)c1. The van der Waals surface area contributed by atoms with E-state index in [1.807, 2.05) is 0 Å². The number of aromatic carboxylic acids is 1. The van der Waals surface area contributed by atoms with Gasteiger partial charge in [0.1, 0.15) is 5.82 Å². The van der Waals surface area contributed by atoms with Crippen LogP contribution in [0.3, 0.4) is 0 Å². The van der Waals surface area contributed by atoms with E-state index >= 15 is 0 Å². The van der Waals surface area contributed by atoms with Crippen molar-refractivity contribution in [3.05, 3.63) is 58.4 Å². The molecule has 0 saturated heterocycles. The van der Waals surface area contributed by atoms with Gasteiger partial charge < -0.3 is 16.2 Å². The molecule has 0 bridgehead atoms. The number of halogens is 2. The molecule has 0 aliphatic carbocycles. The number of nitrogens with one attached hydrogen (secondary N) is 1. The maximum absolute atomic E-state index is 13.8. The normalized spacial score (nSPS) is 10.2. The Morgan fingerprint density at radius 3 is 2.24 bits per heavy atom. The quantitative estimate of drug-likeness (QED) is 0.809. The number of hydrogen-bond acceptors (Lipinski definition) is 3. The van der Waals surface area contributed by atoms with Crippen LogP contribution in [-0.2, 0) is 0 Å². The van der Waals surface area contributed by atoms with Gasteiger partial charge in [-0.15, -0.1) is 0 Å². The topological polar surface area (TPSA) is 92.4 Å². The summed E-state index contributed by atoms with van der Waals surface area (Å²) in [4.78, 5) is 21.7. The Balaban J connectivity index is 2.30. The molecule has 7 heteroatoms. The fourth-order valence-corrected chi connectivity index (χ4v) is 1.89. The summed E-state index contributed by atoms with van der Waals surface area (Å²) in [6.45, 7) is 0. The Morgan fingerprint density at radius 2 is 1.71 bits per heavy atom. The third kappa shape index (κ3) is 3.29. The minimum absolute atomic E-state index is 0.0636. The average Bonchev–Trinajstić information content (AvgIpc) is 2.42. The number of amides is 1. The fourth-order valence-electron chi connectivity index (χ4n) is 1.66. The van der Waals surface area contributed by atoms with Crippen molar-refractivity contribution in [1.82, 2.24) is 0 Å². The van der Waals surface area contributed by atoms with Crippen LogP contribution in [0.4, 0.5) is 15.8 Å².